The minimum Gasteiger partial charge on any atom is -0.355 e. The molecule has 1 atom stereocenters. The summed E-state index contributed by atoms with van der Waals surface area (Å²) in [6, 6.07) is 0. The van der Waals surface area contributed by atoms with Crippen molar-refractivity contribution >= 4 is 9.05 Å². The Morgan fingerprint density at radius 3 is 2.50 bits per heavy atom. The van der Waals surface area contributed by atoms with Crippen molar-refractivity contribution in [1.82, 2.24) is 4.90 Å². The van der Waals surface area contributed by atoms with E-state index in [0.29, 0.717) is 13.2 Å². The molecule has 0 spiro atoms. The second-order valence-corrected chi connectivity index (χ2v) is 5.85. The molecule has 3 fully saturated rings. The van der Waals surface area contributed by atoms with Crippen LogP contribution in [0.4, 0.5) is 0 Å². The lowest BCUT2D eigenvalue weighted by Crippen LogP contribution is -2.58. The van der Waals surface area contributed by atoms with Gasteiger partial charge in [-0.2, -0.15) is 0 Å². The molecular weight excluding hydrogens is 202 g/mol. The molecule has 0 aromatic rings. The highest BCUT2D eigenvalue weighted by Crippen LogP contribution is 2.19. The largest absolute Gasteiger partial charge is 0.679 e. The van der Waals surface area contributed by atoms with Crippen LogP contribution in [0.1, 0.15) is 6.92 Å². The molecule has 14 heavy (non-hydrogen) atoms. The molecule has 0 saturated carbocycles. The zero-order valence-electron chi connectivity index (χ0n) is 8.69. The minimum atomic E-state index is -2.79. The fourth-order valence-corrected chi connectivity index (χ4v) is 3.62. The molecule has 3 aliphatic heterocycles. The number of hydrogen-bond donors (Lipinski definition) is 0. The molecule has 3 aliphatic rings. The Morgan fingerprint density at radius 2 is 1.93 bits per heavy atom. The average molecular weight is 219 g/mol. The summed E-state index contributed by atoms with van der Waals surface area (Å²) in [5.74, 6) is 0. The van der Waals surface area contributed by atoms with Crippen LogP contribution < -0.4 is 0 Å². The first-order valence-electron chi connectivity index (χ1n) is 4.97. The monoisotopic (exact) mass is 219 g/mol. The van der Waals surface area contributed by atoms with E-state index in [-0.39, 0.29) is 6.10 Å². The van der Waals surface area contributed by atoms with Crippen molar-refractivity contribution in [2.24, 2.45) is 0 Å². The van der Waals surface area contributed by atoms with Gasteiger partial charge >= 0.3 is 9.05 Å². The molecule has 3 rings (SSSR count). The van der Waals surface area contributed by atoms with Gasteiger partial charge in [-0.25, -0.2) is 0 Å². The Bertz CT molecular complexity index is 194. The first kappa shape index (κ1) is 10.5. The van der Waals surface area contributed by atoms with Crippen LogP contribution in [0.3, 0.4) is 0 Å². The van der Waals surface area contributed by atoms with E-state index in [1.54, 1.807) is 7.11 Å². The number of fused-ring (bicyclic) bond motifs is 6. The lowest BCUT2D eigenvalue weighted by Gasteiger charge is -2.38. The summed E-state index contributed by atoms with van der Waals surface area (Å²) in [7, 11) is -1.19. The van der Waals surface area contributed by atoms with Gasteiger partial charge in [-0.1, -0.05) is 0 Å². The molecule has 3 heterocycles. The van der Waals surface area contributed by atoms with E-state index < -0.39 is 9.05 Å². The molecule has 6 heteroatoms. The molecule has 3 saturated heterocycles. The van der Waals surface area contributed by atoms with Crippen LogP contribution in [0.2, 0.25) is 0 Å². The lowest BCUT2D eigenvalue weighted by molar-refractivity contribution is -0.0875. The van der Waals surface area contributed by atoms with Crippen LogP contribution in [0, 0.1) is 0 Å². The first-order valence-corrected chi connectivity index (χ1v) is 6.61. The quantitative estimate of drug-likeness (QED) is 0.573. The fraction of sp³-hybridized carbons (Fsp3) is 1.00. The molecule has 0 aliphatic carbocycles. The van der Waals surface area contributed by atoms with Crippen LogP contribution in [0.15, 0.2) is 0 Å². The highest BCUT2D eigenvalue weighted by molar-refractivity contribution is 6.53. The molecule has 2 bridgehead atoms. The number of hydrogen-bond acceptors (Lipinski definition) is 5. The molecular formula is C8H17NO4Si. The van der Waals surface area contributed by atoms with Gasteiger partial charge in [-0.3, -0.25) is 4.90 Å². The number of rotatable bonds is 1. The van der Waals surface area contributed by atoms with Gasteiger partial charge < -0.3 is 17.7 Å². The Labute approximate surface area is 85.4 Å². The smallest absolute Gasteiger partial charge is 0.355 e. The highest BCUT2D eigenvalue weighted by atomic mass is 28.4. The third kappa shape index (κ3) is 2.15. The van der Waals surface area contributed by atoms with Crippen LogP contribution in [-0.4, -0.2) is 60.0 Å². The maximum atomic E-state index is 5.73. The van der Waals surface area contributed by atoms with E-state index in [2.05, 4.69) is 4.90 Å². The lowest BCUT2D eigenvalue weighted by atomic mass is 10.3. The summed E-state index contributed by atoms with van der Waals surface area (Å²) >= 11 is 0. The first-order chi connectivity index (χ1) is 6.74. The van der Waals surface area contributed by atoms with Crippen molar-refractivity contribution in [2.75, 3.05) is 40.0 Å². The van der Waals surface area contributed by atoms with E-state index in [1.807, 2.05) is 6.92 Å². The van der Waals surface area contributed by atoms with E-state index in [4.69, 9.17) is 17.7 Å². The van der Waals surface area contributed by atoms with Crippen LogP contribution in [0.25, 0.3) is 0 Å². The molecule has 5 nitrogen and oxygen atoms in total. The molecule has 0 N–H and O–H groups in total. The predicted octanol–water partition coefficient (Wildman–Crippen LogP) is -0.164. The molecule has 0 amide bonds. The van der Waals surface area contributed by atoms with Gasteiger partial charge in [0.2, 0.25) is 0 Å². The average Bonchev–Trinajstić information content (AvgIpc) is 2.08. The summed E-state index contributed by atoms with van der Waals surface area (Å²) in [5.41, 5.74) is 0. The minimum absolute atomic E-state index is 0.113. The third-order valence-electron chi connectivity index (χ3n) is 2.48. The summed E-state index contributed by atoms with van der Waals surface area (Å²) in [4.78, 5) is 2.29. The summed E-state index contributed by atoms with van der Waals surface area (Å²) in [6.07, 6.45) is 0.113. The highest BCUT2D eigenvalue weighted by Gasteiger charge is 2.48. The summed E-state index contributed by atoms with van der Waals surface area (Å²) < 4.78 is 22.2. The molecule has 0 aromatic heterocycles. The SMILES string of the molecule is CO[Si]12OCCN(CCO1)CC(C)O2. The van der Waals surface area contributed by atoms with Crippen molar-refractivity contribution in [3.63, 3.8) is 0 Å². The maximum Gasteiger partial charge on any atom is 0.679 e. The van der Waals surface area contributed by atoms with E-state index >= 15 is 0 Å². The normalized spacial score (nSPS) is 44.1. The fourth-order valence-electron chi connectivity index (χ4n) is 1.82. The predicted molar refractivity (Wildman–Crippen MR) is 51.7 cm³/mol. The van der Waals surface area contributed by atoms with E-state index in [0.717, 1.165) is 19.6 Å². The van der Waals surface area contributed by atoms with E-state index in [9.17, 15) is 0 Å². The topological polar surface area (TPSA) is 40.2 Å². The van der Waals surface area contributed by atoms with Gasteiger partial charge in [-0.05, 0) is 6.92 Å². The molecule has 1 unspecified atom stereocenters. The van der Waals surface area contributed by atoms with Gasteiger partial charge in [0.05, 0.1) is 19.3 Å². The van der Waals surface area contributed by atoms with Crippen molar-refractivity contribution in [1.29, 1.82) is 0 Å². The van der Waals surface area contributed by atoms with Crippen LogP contribution in [-0.2, 0) is 17.7 Å². The van der Waals surface area contributed by atoms with Gasteiger partial charge in [0.25, 0.3) is 0 Å². The zero-order valence-corrected chi connectivity index (χ0v) is 9.69. The van der Waals surface area contributed by atoms with Crippen molar-refractivity contribution in [2.45, 2.75) is 13.0 Å². The van der Waals surface area contributed by atoms with Crippen LogP contribution >= 0.6 is 0 Å². The summed E-state index contributed by atoms with van der Waals surface area (Å²) in [6.45, 7) is 6.10. The van der Waals surface area contributed by atoms with Gasteiger partial charge in [0.15, 0.2) is 0 Å². The van der Waals surface area contributed by atoms with Crippen LogP contribution in [0.5, 0.6) is 0 Å². The maximum absolute atomic E-state index is 5.73. The summed E-state index contributed by atoms with van der Waals surface area (Å²) in [5, 5.41) is 0. The van der Waals surface area contributed by atoms with Gasteiger partial charge in [0, 0.05) is 26.7 Å². The Morgan fingerprint density at radius 1 is 1.29 bits per heavy atom. The number of nitrogens with zero attached hydrogens (tertiary/aromatic N) is 1. The van der Waals surface area contributed by atoms with Crippen molar-refractivity contribution in [3.8, 4) is 0 Å². The van der Waals surface area contributed by atoms with Crippen molar-refractivity contribution < 1.29 is 17.7 Å². The standard InChI is InChI=1S/C8H17NO4Si/c1-8-7-9-3-5-11-14(10-2,13-8)12-6-4-9/h8H,3-7H2,1-2H3. The molecule has 82 valence electrons. The Kier molecular flexibility index (Phi) is 3.20. The zero-order chi connectivity index (χ0) is 10.0. The second kappa shape index (κ2) is 4.26. The Balaban J connectivity index is 2.13. The Hall–Kier alpha value is 0.0169. The van der Waals surface area contributed by atoms with Gasteiger partial charge in [0.1, 0.15) is 0 Å². The second-order valence-electron chi connectivity index (χ2n) is 3.63. The van der Waals surface area contributed by atoms with Gasteiger partial charge in [-0.15, -0.1) is 0 Å². The van der Waals surface area contributed by atoms with Crippen molar-refractivity contribution in [3.05, 3.63) is 0 Å². The molecule has 0 aromatic carbocycles. The third-order valence-corrected chi connectivity index (χ3v) is 4.79. The molecule has 0 radical (unpaired) electrons. The van der Waals surface area contributed by atoms with E-state index in [1.165, 1.54) is 0 Å².